The first-order chi connectivity index (χ1) is 14.4. The van der Waals surface area contributed by atoms with Crippen molar-refractivity contribution in [3.8, 4) is 0 Å². The van der Waals surface area contributed by atoms with Crippen LogP contribution in [0.25, 0.3) is 0 Å². The Morgan fingerprint density at radius 3 is 1.30 bits per heavy atom. The summed E-state index contributed by atoms with van der Waals surface area (Å²) in [6.45, 7) is 1.44. The minimum atomic E-state index is -0.964. The average molecular weight is 413 g/mol. The van der Waals surface area contributed by atoms with E-state index in [-0.39, 0.29) is 0 Å². The standard InChI is InChI=1S/C24H32N2O4/c1-25(2)17-15-21(19-11-7-5-8-12-19)29-23(27)24(28)30-22(16-18-26(3)4)20-13-9-6-10-14-20/h5-14,21-22H,15-18H2,1-4H3. The maximum atomic E-state index is 12.6. The second-order valence-electron chi connectivity index (χ2n) is 7.79. The minimum absolute atomic E-state index is 0.509. The molecule has 0 spiro atoms. The van der Waals surface area contributed by atoms with Crippen LogP contribution in [0.5, 0.6) is 0 Å². The van der Waals surface area contributed by atoms with Crippen LogP contribution in [0.2, 0.25) is 0 Å². The maximum Gasteiger partial charge on any atom is 0.418 e. The Kier molecular flexibility index (Phi) is 9.51. The van der Waals surface area contributed by atoms with Gasteiger partial charge < -0.3 is 19.3 Å². The third kappa shape index (κ3) is 7.97. The Hall–Kier alpha value is -2.70. The number of nitrogens with zero attached hydrogens (tertiary/aromatic N) is 2. The highest BCUT2D eigenvalue weighted by molar-refractivity contribution is 6.29. The number of ether oxygens (including phenoxy) is 2. The molecule has 0 fully saturated rings. The second-order valence-corrected chi connectivity index (χ2v) is 7.79. The molecular formula is C24H32N2O4. The van der Waals surface area contributed by atoms with E-state index in [1.54, 1.807) is 0 Å². The molecule has 0 heterocycles. The maximum absolute atomic E-state index is 12.6. The van der Waals surface area contributed by atoms with Crippen molar-refractivity contribution in [1.29, 1.82) is 0 Å². The summed E-state index contributed by atoms with van der Waals surface area (Å²) in [4.78, 5) is 29.1. The van der Waals surface area contributed by atoms with Gasteiger partial charge in [0, 0.05) is 25.9 Å². The SMILES string of the molecule is CN(C)CCC(OC(=O)C(=O)OC(CCN(C)C)c1ccccc1)c1ccccc1. The normalized spacial score (nSPS) is 13.1. The van der Waals surface area contributed by atoms with Gasteiger partial charge in [0.25, 0.3) is 0 Å². The van der Waals surface area contributed by atoms with Crippen molar-refractivity contribution in [2.75, 3.05) is 41.3 Å². The largest absolute Gasteiger partial charge is 0.449 e. The number of hydrogen-bond acceptors (Lipinski definition) is 6. The van der Waals surface area contributed by atoms with Crippen LogP contribution in [0.1, 0.15) is 36.2 Å². The van der Waals surface area contributed by atoms with Crippen LogP contribution in [-0.2, 0) is 19.1 Å². The van der Waals surface area contributed by atoms with Gasteiger partial charge in [-0.3, -0.25) is 0 Å². The van der Waals surface area contributed by atoms with Gasteiger partial charge in [0.1, 0.15) is 12.2 Å². The van der Waals surface area contributed by atoms with Crippen LogP contribution >= 0.6 is 0 Å². The van der Waals surface area contributed by atoms with E-state index in [0.29, 0.717) is 12.8 Å². The Morgan fingerprint density at radius 2 is 1.00 bits per heavy atom. The summed E-state index contributed by atoms with van der Waals surface area (Å²) in [5, 5.41) is 0. The van der Waals surface area contributed by atoms with Crippen LogP contribution < -0.4 is 0 Å². The van der Waals surface area contributed by atoms with Gasteiger partial charge in [0.15, 0.2) is 0 Å². The summed E-state index contributed by atoms with van der Waals surface area (Å²) in [5.41, 5.74) is 1.71. The van der Waals surface area contributed by atoms with Crippen LogP contribution in [0, 0.1) is 0 Å². The molecule has 0 saturated carbocycles. The van der Waals surface area contributed by atoms with E-state index in [2.05, 4.69) is 0 Å². The van der Waals surface area contributed by atoms with Gasteiger partial charge in [-0.05, 0) is 39.3 Å². The molecule has 0 amide bonds. The van der Waals surface area contributed by atoms with E-state index >= 15 is 0 Å². The first kappa shape index (κ1) is 23.6. The first-order valence-corrected chi connectivity index (χ1v) is 10.2. The fourth-order valence-electron chi connectivity index (χ4n) is 3.03. The summed E-state index contributed by atoms with van der Waals surface area (Å²) in [6, 6.07) is 18.9. The molecule has 2 rings (SSSR count). The lowest BCUT2D eigenvalue weighted by atomic mass is 10.1. The zero-order chi connectivity index (χ0) is 21.9. The molecule has 0 aliphatic carbocycles. The fraction of sp³-hybridized carbons (Fsp3) is 0.417. The fourth-order valence-corrected chi connectivity index (χ4v) is 3.03. The zero-order valence-electron chi connectivity index (χ0n) is 18.3. The molecule has 2 unspecified atom stereocenters. The lowest BCUT2D eigenvalue weighted by molar-refractivity contribution is -0.175. The third-order valence-electron chi connectivity index (χ3n) is 4.68. The first-order valence-electron chi connectivity index (χ1n) is 10.2. The van der Waals surface area contributed by atoms with Crippen molar-refractivity contribution in [3.05, 3.63) is 71.8 Å². The summed E-state index contributed by atoms with van der Waals surface area (Å²) < 4.78 is 11.1. The van der Waals surface area contributed by atoms with Crippen LogP contribution in [0.3, 0.4) is 0 Å². The van der Waals surface area contributed by atoms with Crippen molar-refractivity contribution in [2.45, 2.75) is 25.0 Å². The number of carbonyl (C=O) groups excluding carboxylic acids is 2. The van der Waals surface area contributed by atoms with Crippen molar-refractivity contribution in [3.63, 3.8) is 0 Å². The molecule has 0 aromatic heterocycles. The number of rotatable bonds is 10. The van der Waals surface area contributed by atoms with Crippen LogP contribution in [0.15, 0.2) is 60.7 Å². The highest BCUT2D eigenvalue weighted by Crippen LogP contribution is 2.24. The van der Waals surface area contributed by atoms with Gasteiger partial charge in [0.05, 0.1) is 0 Å². The summed E-state index contributed by atoms with van der Waals surface area (Å²) in [6.07, 6.45) is 0.147. The second kappa shape index (κ2) is 12.1. The van der Waals surface area contributed by atoms with Gasteiger partial charge in [-0.2, -0.15) is 0 Å². The minimum Gasteiger partial charge on any atom is -0.449 e. The van der Waals surface area contributed by atoms with E-state index in [1.807, 2.05) is 98.7 Å². The van der Waals surface area contributed by atoms with Crippen LogP contribution in [0.4, 0.5) is 0 Å². The van der Waals surface area contributed by atoms with E-state index in [0.717, 1.165) is 24.2 Å². The topological polar surface area (TPSA) is 59.1 Å². The van der Waals surface area contributed by atoms with E-state index in [1.165, 1.54) is 0 Å². The highest BCUT2D eigenvalue weighted by atomic mass is 16.6. The Bertz CT molecular complexity index is 711. The van der Waals surface area contributed by atoms with E-state index < -0.39 is 24.1 Å². The third-order valence-corrected chi connectivity index (χ3v) is 4.68. The Labute approximate surface area is 179 Å². The molecule has 0 N–H and O–H groups in total. The molecule has 0 aliphatic rings. The molecule has 2 atom stereocenters. The zero-order valence-corrected chi connectivity index (χ0v) is 18.3. The summed E-state index contributed by atoms with van der Waals surface area (Å²) in [5.74, 6) is -1.93. The Morgan fingerprint density at radius 1 is 0.667 bits per heavy atom. The molecule has 2 aromatic rings. The van der Waals surface area contributed by atoms with Gasteiger partial charge in [-0.15, -0.1) is 0 Å². The van der Waals surface area contributed by atoms with Gasteiger partial charge in [-0.25, -0.2) is 9.59 Å². The molecule has 0 aliphatic heterocycles. The van der Waals surface area contributed by atoms with Crippen molar-refractivity contribution in [1.82, 2.24) is 9.80 Å². The lowest BCUT2D eigenvalue weighted by Crippen LogP contribution is -2.27. The predicted octanol–water partition coefficient (Wildman–Crippen LogP) is 3.46. The number of esters is 2. The molecule has 0 bridgehead atoms. The molecular weight excluding hydrogens is 380 g/mol. The number of carbonyl (C=O) groups is 2. The molecule has 162 valence electrons. The quantitative estimate of drug-likeness (QED) is 0.440. The monoisotopic (exact) mass is 412 g/mol. The van der Waals surface area contributed by atoms with Crippen molar-refractivity contribution >= 4 is 11.9 Å². The van der Waals surface area contributed by atoms with Crippen molar-refractivity contribution < 1.29 is 19.1 Å². The summed E-state index contributed by atoms with van der Waals surface area (Å²) >= 11 is 0. The van der Waals surface area contributed by atoms with E-state index in [4.69, 9.17) is 9.47 Å². The lowest BCUT2D eigenvalue weighted by Gasteiger charge is -2.22. The number of benzene rings is 2. The smallest absolute Gasteiger partial charge is 0.418 e. The summed E-state index contributed by atoms with van der Waals surface area (Å²) in [7, 11) is 7.81. The Balaban J connectivity index is 2.07. The number of hydrogen-bond donors (Lipinski definition) is 0. The molecule has 30 heavy (non-hydrogen) atoms. The van der Waals surface area contributed by atoms with Crippen LogP contribution in [-0.4, -0.2) is 63.0 Å². The molecule has 0 saturated heterocycles. The molecule has 2 aromatic carbocycles. The molecule has 6 nitrogen and oxygen atoms in total. The average Bonchev–Trinajstić information content (AvgIpc) is 2.74. The predicted molar refractivity (Wildman–Crippen MR) is 117 cm³/mol. The molecule has 6 heteroatoms. The molecule has 0 radical (unpaired) electrons. The van der Waals surface area contributed by atoms with Gasteiger partial charge >= 0.3 is 11.9 Å². The highest BCUT2D eigenvalue weighted by Gasteiger charge is 2.27. The van der Waals surface area contributed by atoms with E-state index in [9.17, 15) is 9.59 Å². The van der Waals surface area contributed by atoms with Crippen molar-refractivity contribution in [2.24, 2.45) is 0 Å². The van der Waals surface area contributed by atoms with Gasteiger partial charge in [0.2, 0.25) is 0 Å². The van der Waals surface area contributed by atoms with Gasteiger partial charge in [-0.1, -0.05) is 60.7 Å².